The van der Waals surface area contributed by atoms with E-state index in [9.17, 15) is 13.6 Å². The highest BCUT2D eigenvalue weighted by molar-refractivity contribution is 9.10. The zero-order valence-electron chi connectivity index (χ0n) is 8.85. The molecule has 88 valence electrons. The maximum atomic E-state index is 13.3. The van der Waals surface area contributed by atoms with Gasteiger partial charge in [-0.15, -0.1) is 0 Å². The Morgan fingerprint density at radius 3 is 2.62 bits per heavy atom. The topological polar surface area (TPSA) is 32.3 Å². The van der Waals surface area contributed by atoms with Crippen molar-refractivity contribution in [3.8, 4) is 0 Å². The van der Waals surface area contributed by atoms with Gasteiger partial charge in [0.1, 0.15) is 11.6 Å². The van der Waals surface area contributed by atoms with E-state index < -0.39 is 17.7 Å². The predicted octanol–water partition coefficient (Wildman–Crippen LogP) is 3.21. The average Bonchev–Trinajstić information content (AvgIpc) is 2.24. The van der Waals surface area contributed by atoms with Crippen LogP contribution < -0.4 is 5.32 Å². The molecule has 1 N–H and O–H groups in total. The minimum atomic E-state index is -0.807. The van der Waals surface area contributed by atoms with Crippen LogP contribution in [0.1, 0.15) is 6.92 Å². The number of carbonyl (C=O) groups is 1. The standard InChI is InChI=1S/C10H11BrF2N2O/c1-3-15(2)10(16)14-9-4-6(11)7(12)5-8(9)13/h4-5H,3H2,1-2H3,(H,14,16). The normalized spacial score (nSPS) is 10.1. The SMILES string of the molecule is CCN(C)C(=O)Nc1cc(Br)c(F)cc1F. The Labute approximate surface area is 101 Å². The first-order chi connectivity index (χ1) is 7.45. The molecule has 0 spiro atoms. The van der Waals surface area contributed by atoms with Gasteiger partial charge in [0.25, 0.3) is 0 Å². The van der Waals surface area contributed by atoms with E-state index in [1.165, 1.54) is 11.0 Å². The van der Waals surface area contributed by atoms with E-state index in [-0.39, 0.29) is 10.2 Å². The summed E-state index contributed by atoms with van der Waals surface area (Å²) in [6.07, 6.45) is 0. The van der Waals surface area contributed by atoms with Crippen LogP contribution >= 0.6 is 15.9 Å². The molecule has 0 aliphatic carbocycles. The second kappa shape index (κ2) is 5.25. The third-order valence-corrected chi connectivity index (χ3v) is 2.68. The second-order valence-corrected chi connectivity index (χ2v) is 4.04. The van der Waals surface area contributed by atoms with Gasteiger partial charge in [-0.05, 0) is 28.9 Å². The van der Waals surface area contributed by atoms with Crippen molar-refractivity contribution in [3.63, 3.8) is 0 Å². The molecule has 0 atom stereocenters. The number of carbonyl (C=O) groups excluding carboxylic acids is 1. The first-order valence-electron chi connectivity index (χ1n) is 4.62. The molecule has 0 saturated carbocycles. The molecule has 2 amide bonds. The Morgan fingerprint density at radius 1 is 1.44 bits per heavy atom. The second-order valence-electron chi connectivity index (χ2n) is 3.19. The number of hydrogen-bond donors (Lipinski definition) is 1. The van der Waals surface area contributed by atoms with Crippen LogP contribution in [-0.4, -0.2) is 24.5 Å². The molecular weight excluding hydrogens is 282 g/mol. The lowest BCUT2D eigenvalue weighted by Crippen LogP contribution is -2.31. The van der Waals surface area contributed by atoms with Crippen molar-refractivity contribution in [2.45, 2.75) is 6.92 Å². The van der Waals surface area contributed by atoms with Gasteiger partial charge in [-0.1, -0.05) is 0 Å². The summed E-state index contributed by atoms with van der Waals surface area (Å²) >= 11 is 2.92. The van der Waals surface area contributed by atoms with Crippen molar-refractivity contribution in [3.05, 3.63) is 28.2 Å². The summed E-state index contributed by atoms with van der Waals surface area (Å²) in [5, 5.41) is 2.34. The van der Waals surface area contributed by atoms with Crippen molar-refractivity contribution in [2.24, 2.45) is 0 Å². The molecule has 0 saturated heterocycles. The maximum absolute atomic E-state index is 13.3. The van der Waals surface area contributed by atoms with Crippen molar-refractivity contribution in [1.29, 1.82) is 0 Å². The van der Waals surface area contributed by atoms with Crippen LogP contribution in [0.15, 0.2) is 16.6 Å². The largest absolute Gasteiger partial charge is 0.328 e. The molecule has 0 aliphatic rings. The molecule has 0 unspecified atom stereocenters. The van der Waals surface area contributed by atoms with Crippen molar-refractivity contribution < 1.29 is 13.6 Å². The molecule has 0 bridgehead atoms. The zero-order chi connectivity index (χ0) is 12.3. The molecule has 0 heterocycles. The molecule has 16 heavy (non-hydrogen) atoms. The molecule has 0 fully saturated rings. The minimum absolute atomic E-state index is 0.0569. The summed E-state index contributed by atoms with van der Waals surface area (Å²) in [4.78, 5) is 12.8. The Balaban J connectivity index is 2.90. The summed E-state index contributed by atoms with van der Waals surface area (Å²) < 4.78 is 26.3. The van der Waals surface area contributed by atoms with Crippen molar-refractivity contribution in [2.75, 3.05) is 18.9 Å². The molecule has 0 aromatic heterocycles. The summed E-state index contributed by atoms with van der Waals surface area (Å²) in [5.74, 6) is -1.52. The minimum Gasteiger partial charge on any atom is -0.328 e. The first-order valence-corrected chi connectivity index (χ1v) is 5.41. The van der Waals surface area contributed by atoms with E-state index in [0.717, 1.165) is 0 Å². The molecule has 1 rings (SSSR count). The lowest BCUT2D eigenvalue weighted by atomic mass is 10.3. The van der Waals surface area contributed by atoms with Gasteiger partial charge in [0.15, 0.2) is 0 Å². The van der Waals surface area contributed by atoms with Crippen molar-refractivity contribution in [1.82, 2.24) is 4.90 Å². The number of benzene rings is 1. The summed E-state index contributed by atoms with van der Waals surface area (Å²) in [5.41, 5.74) is -0.0569. The number of rotatable bonds is 2. The number of nitrogens with one attached hydrogen (secondary N) is 1. The van der Waals surface area contributed by atoms with Gasteiger partial charge in [-0.25, -0.2) is 13.6 Å². The number of nitrogens with zero attached hydrogens (tertiary/aromatic N) is 1. The van der Waals surface area contributed by atoms with Crippen LogP contribution in [0, 0.1) is 11.6 Å². The van der Waals surface area contributed by atoms with Gasteiger partial charge in [0, 0.05) is 19.7 Å². The lowest BCUT2D eigenvalue weighted by molar-refractivity contribution is 0.224. The molecule has 1 aromatic rings. The number of anilines is 1. The monoisotopic (exact) mass is 292 g/mol. The van der Waals surface area contributed by atoms with Crippen LogP contribution in [0.5, 0.6) is 0 Å². The van der Waals surface area contributed by atoms with E-state index in [0.29, 0.717) is 12.6 Å². The van der Waals surface area contributed by atoms with E-state index in [1.807, 2.05) is 0 Å². The van der Waals surface area contributed by atoms with Crippen LogP contribution in [-0.2, 0) is 0 Å². The highest BCUT2D eigenvalue weighted by Crippen LogP contribution is 2.23. The molecular formula is C10H11BrF2N2O. The summed E-state index contributed by atoms with van der Waals surface area (Å²) in [6, 6.07) is 1.46. The van der Waals surface area contributed by atoms with E-state index >= 15 is 0 Å². The fraction of sp³-hybridized carbons (Fsp3) is 0.300. The molecule has 0 radical (unpaired) electrons. The van der Waals surface area contributed by atoms with Gasteiger partial charge in [0.2, 0.25) is 0 Å². The van der Waals surface area contributed by atoms with Gasteiger partial charge in [-0.2, -0.15) is 0 Å². The van der Waals surface area contributed by atoms with Crippen molar-refractivity contribution >= 4 is 27.6 Å². The average molecular weight is 293 g/mol. The third-order valence-electron chi connectivity index (χ3n) is 2.07. The third kappa shape index (κ3) is 2.91. The quantitative estimate of drug-likeness (QED) is 0.834. The van der Waals surface area contributed by atoms with Crippen LogP contribution in [0.3, 0.4) is 0 Å². The van der Waals surface area contributed by atoms with Crippen LogP contribution in [0.2, 0.25) is 0 Å². The molecule has 6 heteroatoms. The van der Waals surface area contributed by atoms with E-state index in [2.05, 4.69) is 21.2 Å². The van der Waals surface area contributed by atoms with Gasteiger partial charge in [0.05, 0.1) is 10.2 Å². The Hall–Kier alpha value is -1.17. The highest BCUT2D eigenvalue weighted by atomic mass is 79.9. The molecule has 1 aromatic carbocycles. The first kappa shape index (κ1) is 12.9. The number of urea groups is 1. The van der Waals surface area contributed by atoms with Crippen LogP contribution in [0.25, 0.3) is 0 Å². The van der Waals surface area contributed by atoms with Gasteiger partial charge < -0.3 is 10.2 Å². The summed E-state index contributed by atoms with van der Waals surface area (Å²) in [7, 11) is 1.58. The van der Waals surface area contributed by atoms with Gasteiger partial charge in [-0.3, -0.25) is 0 Å². The number of amides is 2. The fourth-order valence-electron chi connectivity index (χ4n) is 0.973. The Morgan fingerprint density at radius 2 is 2.06 bits per heavy atom. The highest BCUT2D eigenvalue weighted by Gasteiger charge is 2.12. The molecule has 3 nitrogen and oxygen atoms in total. The Bertz CT molecular complexity index is 412. The Kier molecular flexibility index (Phi) is 4.23. The number of halogens is 3. The predicted molar refractivity (Wildman–Crippen MR) is 61.4 cm³/mol. The van der Waals surface area contributed by atoms with E-state index in [1.54, 1.807) is 14.0 Å². The van der Waals surface area contributed by atoms with E-state index in [4.69, 9.17) is 0 Å². The fourth-order valence-corrected chi connectivity index (χ4v) is 1.32. The lowest BCUT2D eigenvalue weighted by Gasteiger charge is -2.16. The number of hydrogen-bond acceptors (Lipinski definition) is 1. The van der Waals surface area contributed by atoms with Gasteiger partial charge >= 0.3 is 6.03 Å². The maximum Gasteiger partial charge on any atom is 0.321 e. The molecule has 0 aliphatic heterocycles. The summed E-state index contributed by atoms with van der Waals surface area (Å²) in [6.45, 7) is 2.28. The zero-order valence-corrected chi connectivity index (χ0v) is 10.4. The van der Waals surface area contributed by atoms with Crippen LogP contribution in [0.4, 0.5) is 19.3 Å². The smallest absolute Gasteiger partial charge is 0.321 e.